The molecule has 3 aromatic rings. The molecule has 25 heavy (non-hydrogen) atoms. The summed E-state index contributed by atoms with van der Waals surface area (Å²) >= 11 is 0. The van der Waals surface area contributed by atoms with E-state index < -0.39 is 8.07 Å². The molecule has 0 N–H and O–H groups in total. The van der Waals surface area contributed by atoms with Crippen LogP contribution in [0.1, 0.15) is 37.2 Å². The maximum absolute atomic E-state index is 2.46. The summed E-state index contributed by atoms with van der Waals surface area (Å²) in [6, 6.07) is 32.3. The van der Waals surface area contributed by atoms with E-state index in [4.69, 9.17) is 0 Å². The molecule has 0 bridgehead atoms. The molecule has 1 heterocycles. The zero-order valence-corrected chi connectivity index (χ0v) is 15.6. The van der Waals surface area contributed by atoms with Gasteiger partial charge in [-0.2, -0.15) is 0 Å². The van der Waals surface area contributed by atoms with Crippen LogP contribution in [0.4, 0.5) is 0 Å². The lowest BCUT2D eigenvalue weighted by molar-refractivity contribution is 0.446. The Bertz CT molecular complexity index is 829. The second-order valence-electron chi connectivity index (χ2n) is 7.62. The van der Waals surface area contributed by atoms with E-state index in [0.717, 1.165) is 11.5 Å². The molecule has 3 aromatic carbocycles. The van der Waals surface area contributed by atoms with Crippen LogP contribution in [-0.2, 0) is 0 Å². The van der Waals surface area contributed by atoms with Crippen molar-refractivity contribution in [2.45, 2.75) is 37.1 Å². The Hall–Kier alpha value is -2.12. The molecule has 5 rings (SSSR count). The van der Waals surface area contributed by atoms with Crippen molar-refractivity contribution >= 4 is 23.6 Å². The first-order chi connectivity index (χ1) is 12.4. The van der Waals surface area contributed by atoms with E-state index in [2.05, 4.69) is 84.9 Å². The summed E-state index contributed by atoms with van der Waals surface area (Å²) in [4.78, 5) is 0. The molecule has 1 saturated carbocycles. The van der Waals surface area contributed by atoms with Gasteiger partial charge < -0.3 is 0 Å². The van der Waals surface area contributed by atoms with Gasteiger partial charge in [0.15, 0.2) is 8.07 Å². The fourth-order valence-electron chi connectivity index (χ4n) is 5.71. The summed E-state index contributed by atoms with van der Waals surface area (Å²) in [5.41, 5.74) is 2.47. The van der Waals surface area contributed by atoms with Crippen LogP contribution < -0.4 is 15.6 Å². The molecule has 2 unspecified atom stereocenters. The Morgan fingerprint density at radius 2 is 1.16 bits per heavy atom. The molecule has 0 aromatic heterocycles. The van der Waals surface area contributed by atoms with E-state index in [-0.39, 0.29) is 0 Å². The molecule has 2 atom stereocenters. The smallest absolute Gasteiger partial charge is 0.0624 e. The predicted octanol–water partition coefficient (Wildman–Crippen LogP) is 4.20. The number of fused-ring (bicyclic) bond motifs is 3. The van der Waals surface area contributed by atoms with Gasteiger partial charge in [-0.1, -0.05) is 104 Å². The van der Waals surface area contributed by atoms with Gasteiger partial charge in [-0.3, -0.25) is 0 Å². The Morgan fingerprint density at radius 1 is 0.600 bits per heavy atom. The SMILES string of the molecule is c1ccc([Si]2(c3ccccc3)c3ccccc3C3CCCCC32)cc1. The zero-order valence-electron chi connectivity index (χ0n) is 14.6. The van der Waals surface area contributed by atoms with E-state index in [0.29, 0.717) is 0 Å². The van der Waals surface area contributed by atoms with Crippen LogP contribution in [0.5, 0.6) is 0 Å². The molecular formula is C24H24Si. The first-order valence-electron chi connectivity index (χ1n) is 9.63. The number of rotatable bonds is 2. The normalized spacial score (nSPS) is 23.7. The minimum Gasteiger partial charge on any atom is -0.0624 e. The molecule has 1 heteroatoms. The average Bonchev–Trinajstić information content (AvgIpc) is 3.01. The minimum atomic E-state index is -1.97. The van der Waals surface area contributed by atoms with Crippen LogP contribution in [0.2, 0.25) is 5.54 Å². The third-order valence-electron chi connectivity index (χ3n) is 6.57. The van der Waals surface area contributed by atoms with Gasteiger partial charge >= 0.3 is 0 Å². The van der Waals surface area contributed by atoms with Gasteiger partial charge in [-0.05, 0) is 39.0 Å². The van der Waals surface area contributed by atoms with Crippen molar-refractivity contribution in [2.75, 3.05) is 0 Å². The summed E-state index contributed by atoms with van der Waals surface area (Å²) in [7, 11) is -1.97. The molecule has 1 aliphatic heterocycles. The van der Waals surface area contributed by atoms with Gasteiger partial charge in [0.2, 0.25) is 0 Å². The van der Waals surface area contributed by atoms with Crippen molar-refractivity contribution in [3.63, 3.8) is 0 Å². The second-order valence-corrected chi connectivity index (χ2v) is 11.7. The van der Waals surface area contributed by atoms with E-state index >= 15 is 0 Å². The highest BCUT2D eigenvalue weighted by Crippen LogP contribution is 2.51. The summed E-state index contributed by atoms with van der Waals surface area (Å²) in [5, 5.41) is 4.88. The van der Waals surface area contributed by atoms with Crippen LogP contribution in [0, 0.1) is 0 Å². The predicted molar refractivity (Wildman–Crippen MR) is 109 cm³/mol. The molecule has 0 saturated heterocycles. The first-order valence-corrected chi connectivity index (χ1v) is 11.7. The van der Waals surface area contributed by atoms with Crippen molar-refractivity contribution in [3.05, 3.63) is 90.5 Å². The Kier molecular flexibility index (Phi) is 3.64. The molecule has 0 spiro atoms. The van der Waals surface area contributed by atoms with Crippen molar-refractivity contribution in [1.82, 2.24) is 0 Å². The molecule has 0 amide bonds. The first kappa shape index (κ1) is 15.2. The number of hydrogen-bond donors (Lipinski definition) is 0. The van der Waals surface area contributed by atoms with Gasteiger partial charge in [0, 0.05) is 0 Å². The quantitative estimate of drug-likeness (QED) is 0.613. The second kappa shape index (κ2) is 6.00. The molecule has 124 valence electrons. The topological polar surface area (TPSA) is 0 Å². The van der Waals surface area contributed by atoms with Gasteiger partial charge in [-0.25, -0.2) is 0 Å². The standard InChI is InChI=1S/C24H24Si/c1-3-11-19(12-4-1)25(20-13-5-2-6-14-20)23-17-9-7-15-21(23)22-16-8-10-18-24(22)25/h1-7,9,11-15,17,22,24H,8,10,16,18H2. The number of hydrogen-bond acceptors (Lipinski definition) is 0. The summed E-state index contributed by atoms with van der Waals surface area (Å²) < 4.78 is 0. The van der Waals surface area contributed by atoms with E-state index in [1.165, 1.54) is 25.7 Å². The highest BCUT2D eigenvalue weighted by Gasteiger charge is 2.55. The van der Waals surface area contributed by atoms with Crippen LogP contribution in [0.15, 0.2) is 84.9 Å². The van der Waals surface area contributed by atoms with Crippen LogP contribution in [0.25, 0.3) is 0 Å². The molecule has 0 nitrogen and oxygen atoms in total. The van der Waals surface area contributed by atoms with Crippen molar-refractivity contribution in [2.24, 2.45) is 0 Å². The van der Waals surface area contributed by atoms with Gasteiger partial charge in [0.1, 0.15) is 0 Å². The summed E-state index contributed by atoms with van der Waals surface area (Å²) in [6.07, 6.45) is 5.54. The van der Waals surface area contributed by atoms with Crippen molar-refractivity contribution < 1.29 is 0 Å². The lowest BCUT2D eigenvalue weighted by Gasteiger charge is -2.39. The Labute approximate surface area is 151 Å². The fraction of sp³-hybridized carbons (Fsp3) is 0.250. The maximum atomic E-state index is 2.46. The van der Waals surface area contributed by atoms with Crippen LogP contribution in [-0.4, -0.2) is 8.07 Å². The lowest BCUT2D eigenvalue weighted by Crippen LogP contribution is -2.68. The van der Waals surface area contributed by atoms with Gasteiger partial charge in [-0.15, -0.1) is 0 Å². The van der Waals surface area contributed by atoms with Crippen LogP contribution in [0.3, 0.4) is 0 Å². The molecule has 0 radical (unpaired) electrons. The lowest BCUT2D eigenvalue weighted by atomic mass is 9.84. The molecular weight excluding hydrogens is 316 g/mol. The third kappa shape index (κ3) is 2.12. The molecule has 2 aliphatic rings. The number of benzene rings is 3. The third-order valence-corrected chi connectivity index (χ3v) is 12.2. The van der Waals surface area contributed by atoms with E-state index in [9.17, 15) is 0 Å². The zero-order chi connectivity index (χ0) is 16.7. The fourth-order valence-corrected chi connectivity index (χ4v) is 12.0. The largest absolute Gasteiger partial charge is 0.152 e. The van der Waals surface area contributed by atoms with Crippen LogP contribution >= 0.6 is 0 Å². The minimum absolute atomic E-state index is 0.761. The maximum Gasteiger partial charge on any atom is 0.152 e. The monoisotopic (exact) mass is 340 g/mol. The Morgan fingerprint density at radius 3 is 1.84 bits per heavy atom. The average molecular weight is 341 g/mol. The molecule has 1 aliphatic carbocycles. The van der Waals surface area contributed by atoms with Crippen molar-refractivity contribution in [3.8, 4) is 0 Å². The van der Waals surface area contributed by atoms with E-state index in [1.807, 2.05) is 0 Å². The summed E-state index contributed by atoms with van der Waals surface area (Å²) in [5.74, 6) is 0.761. The van der Waals surface area contributed by atoms with Gasteiger partial charge in [0.05, 0.1) is 0 Å². The Balaban J connectivity index is 1.86. The molecule has 1 fully saturated rings. The van der Waals surface area contributed by atoms with Crippen molar-refractivity contribution in [1.29, 1.82) is 0 Å². The highest BCUT2D eigenvalue weighted by molar-refractivity contribution is 7.13. The highest BCUT2D eigenvalue weighted by atomic mass is 28.3. The van der Waals surface area contributed by atoms with Gasteiger partial charge in [0.25, 0.3) is 0 Å². The van der Waals surface area contributed by atoms with E-state index in [1.54, 1.807) is 21.1 Å². The summed E-state index contributed by atoms with van der Waals surface area (Å²) in [6.45, 7) is 0.